The average Bonchev–Trinajstić information content (AvgIpc) is 2.64. The molecular weight excluding hydrogens is 339 g/mol. The van der Waals surface area contributed by atoms with E-state index in [2.05, 4.69) is 54.6 Å². The number of carbonyl (C=O) groups excluding carboxylic acids is 1. The Labute approximate surface area is 157 Å². The van der Waals surface area contributed by atoms with Crippen LogP contribution in [0.4, 0.5) is 0 Å². The lowest BCUT2D eigenvalue weighted by molar-refractivity contribution is 0.101. The Bertz CT molecular complexity index is 865. The summed E-state index contributed by atoms with van der Waals surface area (Å²) in [5, 5.41) is 2.24. The van der Waals surface area contributed by atoms with Crippen molar-refractivity contribution >= 4 is 25.0 Å². The van der Waals surface area contributed by atoms with Crippen molar-refractivity contribution in [2.24, 2.45) is 5.92 Å². The van der Waals surface area contributed by atoms with E-state index in [0.29, 0.717) is 14.5 Å². The second-order valence-electron chi connectivity index (χ2n) is 6.78. The van der Waals surface area contributed by atoms with Crippen molar-refractivity contribution in [1.29, 1.82) is 0 Å². The minimum Gasteiger partial charge on any atom is -0.496 e. The Morgan fingerprint density at radius 2 is 2.00 bits per heavy atom. The van der Waals surface area contributed by atoms with E-state index >= 15 is 0 Å². The second kappa shape index (κ2) is 8.47. The third-order valence-electron chi connectivity index (χ3n) is 4.65. The first-order valence-electron chi connectivity index (χ1n) is 8.95. The molecule has 3 rings (SSSR count). The summed E-state index contributed by atoms with van der Waals surface area (Å²) < 4.78 is 5.58. The van der Waals surface area contributed by atoms with Gasteiger partial charge in [0.25, 0.3) is 0 Å². The molecule has 2 atom stereocenters. The summed E-state index contributed by atoms with van der Waals surface area (Å²) in [6.07, 6.45) is 10.9. The maximum Gasteiger partial charge on any atom is 0.160 e. The highest BCUT2D eigenvalue weighted by Gasteiger charge is 2.13. The molecule has 0 aliphatic heterocycles. The molecule has 0 aromatic heterocycles. The van der Waals surface area contributed by atoms with E-state index in [1.807, 2.05) is 13.0 Å². The Morgan fingerprint density at radius 3 is 2.69 bits per heavy atom. The molecular formula is C23H25O2P. The Morgan fingerprint density at radius 1 is 1.15 bits per heavy atom. The Hall–Kier alpha value is -2.18. The standard InChI is InChI=1S/C23H25O2P/c1-16-9-12-22(20(13-16)17(2)24)26-23-15-19(10-11-21(23)25-3)14-18-7-5-4-6-8-18/h4-7,9-13,15,18,26H,8,14H2,1-3H3. The lowest BCUT2D eigenvalue weighted by Gasteiger charge is -2.16. The van der Waals surface area contributed by atoms with Crippen molar-refractivity contribution < 1.29 is 9.53 Å². The minimum absolute atomic E-state index is 0.116. The van der Waals surface area contributed by atoms with Gasteiger partial charge in [0.15, 0.2) is 5.78 Å². The highest BCUT2D eigenvalue weighted by molar-refractivity contribution is 7.56. The number of carbonyl (C=O) groups is 1. The van der Waals surface area contributed by atoms with Crippen molar-refractivity contribution in [1.82, 2.24) is 0 Å². The van der Waals surface area contributed by atoms with E-state index in [1.165, 1.54) is 5.56 Å². The largest absolute Gasteiger partial charge is 0.496 e. The number of allylic oxidation sites excluding steroid dienone is 4. The van der Waals surface area contributed by atoms with E-state index in [9.17, 15) is 4.79 Å². The van der Waals surface area contributed by atoms with Gasteiger partial charge in [-0.3, -0.25) is 4.79 Å². The van der Waals surface area contributed by atoms with Crippen LogP contribution in [-0.4, -0.2) is 12.9 Å². The fourth-order valence-electron chi connectivity index (χ4n) is 3.27. The summed E-state index contributed by atoms with van der Waals surface area (Å²) in [5.41, 5.74) is 3.24. The topological polar surface area (TPSA) is 26.3 Å². The number of ether oxygens (including phenoxy) is 1. The molecule has 2 nitrogen and oxygen atoms in total. The Balaban J connectivity index is 1.89. The van der Waals surface area contributed by atoms with E-state index in [0.717, 1.165) is 40.3 Å². The lowest BCUT2D eigenvalue weighted by atomic mass is 9.93. The summed E-state index contributed by atoms with van der Waals surface area (Å²) in [7, 11) is 2.11. The first-order valence-corrected chi connectivity index (χ1v) is 9.95. The second-order valence-corrected chi connectivity index (χ2v) is 8.11. The molecule has 0 radical (unpaired) electrons. The predicted molar refractivity (Wildman–Crippen MR) is 112 cm³/mol. The molecule has 0 spiro atoms. The van der Waals surface area contributed by atoms with Gasteiger partial charge in [-0.25, -0.2) is 0 Å². The Kier molecular flexibility index (Phi) is 6.06. The molecule has 1 aliphatic carbocycles. The number of ketones is 1. The highest BCUT2D eigenvalue weighted by Crippen LogP contribution is 2.25. The van der Waals surface area contributed by atoms with Crippen LogP contribution in [0.2, 0.25) is 0 Å². The summed E-state index contributed by atoms with van der Waals surface area (Å²) in [6.45, 7) is 3.66. The van der Waals surface area contributed by atoms with Crippen molar-refractivity contribution in [3.8, 4) is 5.75 Å². The van der Waals surface area contributed by atoms with E-state index in [1.54, 1.807) is 14.0 Å². The highest BCUT2D eigenvalue weighted by atomic mass is 31.1. The molecule has 26 heavy (non-hydrogen) atoms. The van der Waals surface area contributed by atoms with Crippen molar-refractivity contribution in [2.75, 3.05) is 7.11 Å². The van der Waals surface area contributed by atoms with Crippen LogP contribution in [0, 0.1) is 12.8 Å². The zero-order valence-electron chi connectivity index (χ0n) is 15.6. The van der Waals surface area contributed by atoms with Crippen LogP contribution in [0.1, 0.15) is 34.8 Å². The molecule has 1 aliphatic rings. The molecule has 0 amide bonds. The quantitative estimate of drug-likeness (QED) is 0.557. The molecule has 0 N–H and O–H groups in total. The van der Waals surface area contributed by atoms with Crippen LogP contribution in [0.25, 0.3) is 0 Å². The number of hydrogen-bond acceptors (Lipinski definition) is 2. The van der Waals surface area contributed by atoms with Gasteiger partial charge >= 0.3 is 0 Å². The number of aryl methyl sites for hydroxylation is 1. The first kappa shape index (κ1) is 18.6. The van der Waals surface area contributed by atoms with Crippen LogP contribution in [0.3, 0.4) is 0 Å². The van der Waals surface area contributed by atoms with Crippen molar-refractivity contribution in [3.05, 3.63) is 77.4 Å². The van der Waals surface area contributed by atoms with Gasteiger partial charge in [-0.05, 0) is 61.7 Å². The molecule has 2 aromatic carbocycles. The zero-order chi connectivity index (χ0) is 18.5. The van der Waals surface area contributed by atoms with Crippen LogP contribution >= 0.6 is 8.58 Å². The van der Waals surface area contributed by atoms with Gasteiger partial charge in [-0.15, -0.1) is 0 Å². The van der Waals surface area contributed by atoms with Gasteiger partial charge in [0, 0.05) is 10.9 Å². The van der Waals surface area contributed by atoms with Gasteiger partial charge in [-0.1, -0.05) is 56.6 Å². The molecule has 0 heterocycles. The molecule has 0 bridgehead atoms. The molecule has 3 heteroatoms. The predicted octanol–water partition coefficient (Wildman–Crippen LogP) is 4.51. The molecule has 134 valence electrons. The van der Waals surface area contributed by atoms with Crippen LogP contribution in [0.15, 0.2) is 60.7 Å². The summed E-state index contributed by atoms with van der Waals surface area (Å²) in [4.78, 5) is 12.1. The smallest absolute Gasteiger partial charge is 0.160 e. The lowest BCUT2D eigenvalue weighted by Crippen LogP contribution is -2.15. The van der Waals surface area contributed by atoms with E-state index in [4.69, 9.17) is 4.74 Å². The normalized spacial score (nSPS) is 16.3. The van der Waals surface area contributed by atoms with Gasteiger partial charge in [-0.2, -0.15) is 0 Å². The first-order chi connectivity index (χ1) is 12.6. The van der Waals surface area contributed by atoms with Crippen LogP contribution < -0.4 is 15.3 Å². The minimum atomic E-state index is 0.116. The monoisotopic (exact) mass is 364 g/mol. The molecule has 2 unspecified atom stereocenters. The molecule has 0 saturated heterocycles. The van der Waals surface area contributed by atoms with Gasteiger partial charge in [0.05, 0.1) is 7.11 Å². The van der Waals surface area contributed by atoms with Crippen LogP contribution in [-0.2, 0) is 6.42 Å². The van der Waals surface area contributed by atoms with E-state index < -0.39 is 0 Å². The zero-order valence-corrected chi connectivity index (χ0v) is 16.6. The van der Waals surface area contributed by atoms with Crippen LogP contribution in [0.5, 0.6) is 5.75 Å². The molecule has 0 saturated carbocycles. The SMILES string of the molecule is COc1ccc(CC2C=CC=CC2)cc1Pc1ccc(C)cc1C(C)=O. The molecule has 2 aromatic rings. The maximum absolute atomic E-state index is 12.1. The molecule has 0 fully saturated rings. The number of Topliss-reactive ketones (excluding diaryl/α,β-unsaturated/α-hetero) is 1. The number of methoxy groups -OCH3 is 1. The number of hydrogen-bond donors (Lipinski definition) is 0. The number of rotatable bonds is 6. The summed E-state index contributed by atoms with van der Waals surface area (Å²) in [6, 6.07) is 12.6. The van der Waals surface area contributed by atoms with Gasteiger partial charge in [0.2, 0.25) is 0 Å². The summed E-state index contributed by atoms with van der Waals surface area (Å²) >= 11 is 0. The maximum atomic E-state index is 12.1. The van der Waals surface area contributed by atoms with Gasteiger partial charge in [0.1, 0.15) is 5.75 Å². The van der Waals surface area contributed by atoms with Gasteiger partial charge < -0.3 is 4.74 Å². The van der Waals surface area contributed by atoms with E-state index in [-0.39, 0.29) is 5.78 Å². The fraction of sp³-hybridized carbons (Fsp3) is 0.261. The fourth-order valence-corrected chi connectivity index (χ4v) is 4.68. The van der Waals surface area contributed by atoms with Crippen molar-refractivity contribution in [3.63, 3.8) is 0 Å². The van der Waals surface area contributed by atoms with Crippen molar-refractivity contribution in [2.45, 2.75) is 26.7 Å². The number of benzene rings is 2. The summed E-state index contributed by atoms with van der Waals surface area (Å²) in [5.74, 6) is 1.56. The third-order valence-corrected chi connectivity index (χ3v) is 6.02. The third kappa shape index (κ3) is 4.51. The average molecular weight is 364 g/mol.